The van der Waals surface area contributed by atoms with Crippen molar-refractivity contribution in [2.24, 2.45) is 5.73 Å². The molecule has 3 atom stereocenters. The summed E-state index contributed by atoms with van der Waals surface area (Å²) in [6.07, 6.45) is -0.297. The van der Waals surface area contributed by atoms with Crippen LogP contribution in [0.4, 0.5) is 13.2 Å². The second kappa shape index (κ2) is 11.3. The van der Waals surface area contributed by atoms with E-state index in [0.717, 1.165) is 11.6 Å². The number of primary amides is 1. The fourth-order valence-electron chi connectivity index (χ4n) is 5.11. The van der Waals surface area contributed by atoms with Gasteiger partial charge >= 0.3 is 5.97 Å². The number of ether oxygens (including phenoxy) is 1. The number of carbonyl (C=O) groups is 3. The number of piperazine rings is 1. The van der Waals surface area contributed by atoms with Crippen LogP contribution < -0.4 is 15.8 Å². The third-order valence-corrected chi connectivity index (χ3v) is 6.80. The fourth-order valence-corrected chi connectivity index (χ4v) is 5.11. The number of nitrogens with two attached hydrogens (primary N) is 1. The molecular weight excluding hydrogens is 503 g/mol. The lowest BCUT2D eigenvalue weighted by Crippen LogP contribution is -2.62. The summed E-state index contributed by atoms with van der Waals surface area (Å²) in [5, 5.41) is 13.3. The van der Waals surface area contributed by atoms with Gasteiger partial charge in [0.1, 0.15) is 6.10 Å². The molecule has 2 aliphatic heterocycles. The van der Waals surface area contributed by atoms with Crippen LogP contribution in [0.2, 0.25) is 0 Å². The number of hydrogen-bond donors (Lipinski definition) is 3. The minimum absolute atomic E-state index is 0.0804. The molecule has 0 spiro atoms. The third kappa shape index (κ3) is 5.67. The lowest BCUT2D eigenvalue weighted by molar-refractivity contribution is -0.140. The van der Waals surface area contributed by atoms with E-state index in [-0.39, 0.29) is 43.3 Å². The predicted octanol–water partition coefficient (Wildman–Crippen LogP) is 2.79. The van der Waals surface area contributed by atoms with Crippen molar-refractivity contribution >= 4 is 23.4 Å². The molecule has 1 saturated heterocycles. The summed E-state index contributed by atoms with van der Waals surface area (Å²) < 4.78 is 46.6. The molecular formula is C27H28F3N3O5. The average molecular weight is 532 g/mol. The first-order chi connectivity index (χ1) is 18.1. The average Bonchev–Trinajstić information content (AvgIpc) is 2.87. The highest BCUT2D eigenvalue weighted by Gasteiger charge is 2.43. The second-order valence-electron chi connectivity index (χ2n) is 9.50. The normalized spacial score (nSPS) is 19.7. The molecule has 202 valence electrons. The van der Waals surface area contributed by atoms with Gasteiger partial charge in [0, 0.05) is 38.4 Å². The van der Waals surface area contributed by atoms with Gasteiger partial charge in [0.25, 0.3) is 0 Å². The van der Waals surface area contributed by atoms with Crippen LogP contribution in [-0.4, -0.2) is 59.1 Å². The number of nitrogens with one attached hydrogen (secondary N) is 1. The number of nitrogens with zero attached hydrogens (tertiary/aromatic N) is 1. The Hall–Kier alpha value is -3.86. The van der Waals surface area contributed by atoms with Gasteiger partial charge in [0.15, 0.2) is 17.4 Å². The zero-order chi connectivity index (χ0) is 27.6. The Morgan fingerprint density at radius 3 is 2.42 bits per heavy atom. The van der Waals surface area contributed by atoms with Crippen molar-refractivity contribution in [1.82, 2.24) is 10.2 Å². The molecule has 2 bridgehead atoms. The van der Waals surface area contributed by atoms with Crippen LogP contribution >= 0.6 is 0 Å². The maximum Gasteiger partial charge on any atom is 0.334 e. The van der Waals surface area contributed by atoms with Gasteiger partial charge in [-0.05, 0) is 42.2 Å². The van der Waals surface area contributed by atoms with E-state index < -0.39 is 47.2 Å². The Morgan fingerprint density at radius 1 is 1.08 bits per heavy atom. The van der Waals surface area contributed by atoms with Crippen molar-refractivity contribution in [3.05, 3.63) is 70.5 Å². The Balaban J connectivity index is 1.54. The molecule has 2 aromatic carbocycles. The minimum atomic E-state index is -1.39. The van der Waals surface area contributed by atoms with Gasteiger partial charge in [0.2, 0.25) is 17.6 Å². The van der Waals surface area contributed by atoms with E-state index in [0.29, 0.717) is 30.2 Å². The quantitative estimate of drug-likeness (QED) is 0.428. The maximum atomic E-state index is 13.9. The van der Waals surface area contributed by atoms with Crippen LogP contribution in [0.25, 0.3) is 5.57 Å². The monoisotopic (exact) mass is 531 g/mol. The molecule has 0 aliphatic carbocycles. The lowest BCUT2D eigenvalue weighted by Gasteiger charge is -2.47. The number of carbonyl (C=O) groups excluding carboxylic acids is 2. The molecule has 2 unspecified atom stereocenters. The molecule has 0 aromatic heterocycles. The molecule has 4 rings (SSSR count). The highest BCUT2D eigenvalue weighted by molar-refractivity contribution is 6.00. The molecule has 0 saturated carbocycles. The number of halogens is 3. The molecule has 11 heteroatoms. The van der Waals surface area contributed by atoms with Crippen molar-refractivity contribution in [2.45, 2.75) is 50.8 Å². The molecule has 2 heterocycles. The number of benzene rings is 2. The summed E-state index contributed by atoms with van der Waals surface area (Å²) in [6.45, 7) is 2.35. The number of amides is 2. The Bertz CT molecular complexity index is 1280. The fraction of sp³-hybridized carbons (Fsp3) is 0.370. The summed E-state index contributed by atoms with van der Waals surface area (Å²) in [5.74, 6) is -6.42. The number of rotatable bonds is 9. The number of carboxylic acids is 1. The van der Waals surface area contributed by atoms with Crippen LogP contribution in [0.1, 0.15) is 37.3 Å². The first-order valence-electron chi connectivity index (χ1n) is 12.2. The van der Waals surface area contributed by atoms with Crippen LogP contribution in [0.3, 0.4) is 0 Å². The van der Waals surface area contributed by atoms with Gasteiger partial charge in [0.05, 0.1) is 11.6 Å². The number of aliphatic carboxylic acids is 1. The van der Waals surface area contributed by atoms with Crippen molar-refractivity contribution in [3.63, 3.8) is 0 Å². The summed E-state index contributed by atoms with van der Waals surface area (Å²) in [7, 11) is 0. The highest BCUT2D eigenvalue weighted by Crippen LogP contribution is 2.37. The predicted molar refractivity (Wildman–Crippen MR) is 131 cm³/mol. The molecule has 2 aromatic rings. The van der Waals surface area contributed by atoms with Gasteiger partial charge in [-0.15, -0.1) is 0 Å². The summed E-state index contributed by atoms with van der Waals surface area (Å²) in [5.41, 5.74) is 7.35. The van der Waals surface area contributed by atoms with E-state index in [2.05, 4.69) is 5.32 Å². The third-order valence-electron chi connectivity index (χ3n) is 6.80. The van der Waals surface area contributed by atoms with E-state index in [1.165, 1.54) is 0 Å². The SMILES string of the molecule is CC(Cc1ccc(C2=C(C(=O)O)[C@H]3CNCC(C2)N3C(=O)CCC(N)=O)cc1)Oc1c(F)ccc(F)c1F. The van der Waals surface area contributed by atoms with Crippen LogP contribution in [0.15, 0.2) is 42.0 Å². The smallest absolute Gasteiger partial charge is 0.334 e. The summed E-state index contributed by atoms with van der Waals surface area (Å²) >= 11 is 0. The van der Waals surface area contributed by atoms with Crippen LogP contribution in [0.5, 0.6) is 5.75 Å². The molecule has 38 heavy (non-hydrogen) atoms. The van der Waals surface area contributed by atoms with Crippen molar-refractivity contribution in [3.8, 4) is 5.75 Å². The van der Waals surface area contributed by atoms with E-state index in [1.54, 1.807) is 36.1 Å². The molecule has 1 fully saturated rings. The van der Waals surface area contributed by atoms with E-state index in [1.807, 2.05) is 0 Å². The van der Waals surface area contributed by atoms with Gasteiger partial charge in [-0.25, -0.2) is 13.6 Å². The minimum Gasteiger partial charge on any atom is -0.484 e. The molecule has 8 nitrogen and oxygen atoms in total. The van der Waals surface area contributed by atoms with Gasteiger partial charge in [-0.2, -0.15) is 4.39 Å². The van der Waals surface area contributed by atoms with Crippen molar-refractivity contribution in [1.29, 1.82) is 0 Å². The lowest BCUT2D eigenvalue weighted by atomic mass is 9.82. The van der Waals surface area contributed by atoms with Crippen LogP contribution in [-0.2, 0) is 20.8 Å². The molecule has 0 radical (unpaired) electrons. The maximum absolute atomic E-state index is 13.9. The topological polar surface area (TPSA) is 122 Å². The second-order valence-corrected chi connectivity index (χ2v) is 9.50. The first kappa shape index (κ1) is 27.2. The van der Waals surface area contributed by atoms with E-state index in [4.69, 9.17) is 10.5 Å². The number of hydrogen-bond acceptors (Lipinski definition) is 5. The summed E-state index contributed by atoms with van der Waals surface area (Å²) in [6, 6.07) is 7.55. The zero-order valence-electron chi connectivity index (χ0n) is 20.7. The van der Waals surface area contributed by atoms with Gasteiger partial charge in [-0.3, -0.25) is 9.59 Å². The van der Waals surface area contributed by atoms with E-state index >= 15 is 0 Å². The molecule has 2 aliphatic rings. The Kier molecular flexibility index (Phi) is 8.05. The van der Waals surface area contributed by atoms with Gasteiger partial charge < -0.3 is 25.8 Å². The zero-order valence-corrected chi connectivity index (χ0v) is 20.7. The van der Waals surface area contributed by atoms with Gasteiger partial charge in [-0.1, -0.05) is 24.3 Å². The van der Waals surface area contributed by atoms with Crippen molar-refractivity contribution in [2.75, 3.05) is 13.1 Å². The summed E-state index contributed by atoms with van der Waals surface area (Å²) in [4.78, 5) is 37.9. The van der Waals surface area contributed by atoms with E-state index in [9.17, 15) is 32.7 Å². The molecule has 4 N–H and O–H groups in total. The molecule has 2 amide bonds. The van der Waals surface area contributed by atoms with Crippen molar-refractivity contribution < 1.29 is 37.4 Å². The standard InChI is InChI=1S/C27H28F3N3O5/c1-14(38-26-20(29)7-6-19(28)25(26)30)10-15-2-4-16(5-3-15)18-11-17-12-32-13-21(24(18)27(36)37)33(17)23(35)9-8-22(31)34/h2-7,14,17,21,32H,8-13H2,1H3,(H2,31,34)(H,36,37)/t14?,17?,21-/m1/s1. The Labute approximate surface area is 217 Å². The first-order valence-corrected chi connectivity index (χ1v) is 12.2. The Morgan fingerprint density at radius 2 is 1.76 bits per heavy atom. The highest BCUT2D eigenvalue weighted by atomic mass is 19.2. The number of carboxylic acid groups (broad SMARTS) is 1. The van der Waals surface area contributed by atoms with Crippen LogP contribution in [0, 0.1) is 17.5 Å². The largest absolute Gasteiger partial charge is 0.484 e. The number of fused-ring (bicyclic) bond motifs is 2.